The smallest absolute Gasteiger partial charge is 0.326 e. The minimum Gasteiger partial charge on any atom is -0.493 e. The Morgan fingerprint density at radius 3 is 2.17 bits per heavy atom. The van der Waals surface area contributed by atoms with Crippen LogP contribution >= 0.6 is 23.2 Å². The monoisotopic (exact) mass is 1200 g/mol. The van der Waals surface area contributed by atoms with Crippen LogP contribution in [0.2, 0.25) is 10.0 Å². The Labute approximate surface area is 516 Å². The number of nitrogens with zero attached hydrogens (tertiary/aromatic N) is 10. The summed E-state index contributed by atoms with van der Waals surface area (Å²) in [6.07, 6.45) is 10.6. The number of carbonyl (C=O) groups is 3. The van der Waals surface area contributed by atoms with Crippen LogP contribution in [0.1, 0.15) is 162 Å². The number of rotatable bonds is 18. The lowest BCUT2D eigenvalue weighted by Gasteiger charge is -2.47. The van der Waals surface area contributed by atoms with E-state index in [9.17, 15) is 14.0 Å². The lowest BCUT2D eigenvalue weighted by atomic mass is 9.71. The lowest BCUT2D eigenvalue weighted by Crippen LogP contribution is -2.60. The number of urea groups is 1. The molecule has 6 aromatic rings. The number of aromatic nitrogens is 3. The Kier molecular flexibility index (Phi) is 18.6. The molecular formula is C68H80Cl2FN11O4. The fraction of sp³-hybridized carbons (Fsp3) is 0.456. The van der Waals surface area contributed by atoms with Crippen LogP contribution in [0, 0.1) is 12.4 Å². The van der Waals surface area contributed by atoms with Crippen molar-refractivity contribution >= 4 is 64.1 Å². The molecule has 0 unspecified atom stereocenters. The SMILES string of the molecule is [C-]#[N+]c1nn(CCCC(=O)CCCCCCCCN2CCN(C(=O)N3C(c4ccc(C(C)(C)C)cc4OCC)=N[C@@](C)(c4ccc(Cl)cc4)[C@@]3(C)c3ccc(Cl)cc3)CC2)c2c1-c1cnc(N)c(c1)N1CCC[C@@H]1c1cc(F)ccc1C(=O)N(C)C2. The van der Waals surface area contributed by atoms with Gasteiger partial charge in [-0.1, -0.05) is 107 Å². The Morgan fingerprint density at radius 2 is 1.49 bits per heavy atom. The van der Waals surface area contributed by atoms with Crippen LogP contribution < -0.4 is 15.4 Å². The van der Waals surface area contributed by atoms with Crippen molar-refractivity contribution in [1.29, 1.82) is 0 Å². The molecular weight excluding hydrogens is 1120 g/mol. The summed E-state index contributed by atoms with van der Waals surface area (Å²) in [7, 11) is 1.71. The van der Waals surface area contributed by atoms with Crippen LogP contribution in [0.3, 0.4) is 0 Å². The van der Waals surface area contributed by atoms with Crippen LogP contribution in [0.5, 0.6) is 5.75 Å². The largest absolute Gasteiger partial charge is 0.493 e. The van der Waals surface area contributed by atoms with Gasteiger partial charge in [-0.3, -0.25) is 24.4 Å². The summed E-state index contributed by atoms with van der Waals surface area (Å²) >= 11 is 13.0. The number of Topliss-reactive ketones (excluding diaryl/α,β-unsaturated/α-hetero) is 1. The van der Waals surface area contributed by atoms with Crippen molar-refractivity contribution in [1.82, 2.24) is 34.4 Å². The summed E-state index contributed by atoms with van der Waals surface area (Å²) in [5.74, 6) is 1.24. The quantitative estimate of drug-likeness (QED) is 0.0655. The summed E-state index contributed by atoms with van der Waals surface area (Å²) in [5, 5.41) is 5.95. The van der Waals surface area contributed by atoms with Gasteiger partial charge >= 0.3 is 11.8 Å². The van der Waals surface area contributed by atoms with Gasteiger partial charge in [0, 0.05) is 80.0 Å². The third kappa shape index (κ3) is 12.5. The predicted molar refractivity (Wildman–Crippen MR) is 340 cm³/mol. The number of hydrogen-bond donors (Lipinski definition) is 1. The van der Waals surface area contributed by atoms with E-state index in [-0.39, 0.29) is 41.5 Å². The van der Waals surface area contributed by atoms with Crippen molar-refractivity contribution in [3.05, 3.63) is 164 Å². The summed E-state index contributed by atoms with van der Waals surface area (Å²) < 4.78 is 23.0. The van der Waals surface area contributed by atoms with Gasteiger partial charge in [0.1, 0.15) is 40.1 Å². The number of halogens is 3. The van der Waals surface area contributed by atoms with Crippen molar-refractivity contribution in [2.75, 3.05) is 63.6 Å². The second kappa shape index (κ2) is 25.9. The molecule has 2 saturated heterocycles. The highest BCUT2D eigenvalue weighted by molar-refractivity contribution is 6.30. The van der Waals surface area contributed by atoms with Gasteiger partial charge in [0.05, 0.1) is 42.7 Å². The Morgan fingerprint density at radius 1 is 0.826 bits per heavy atom. The molecule has 15 nitrogen and oxygen atoms in total. The highest BCUT2D eigenvalue weighted by atomic mass is 35.5. The number of ketones is 1. The first-order chi connectivity index (χ1) is 41.2. The highest BCUT2D eigenvalue weighted by Crippen LogP contribution is 2.54. The molecule has 10 rings (SSSR count). The number of benzene rings is 4. The molecule has 452 valence electrons. The standard InChI is InChI=1S/C68H80Cl2FN11O4/c1-9-86-59-41-48(66(2,3)4)25-31-54(59)63-75-67(5,46-21-26-49(69)27-22-46)68(6,47-23-28-50(70)29-24-47)82(63)65(85)79-38-36-78(37-39-79)33-15-13-11-10-12-14-18-52(83)19-16-35-81-58-44-77(8)64(84)53-32-30-51(71)42-55(53)56-20-17-34-80(56)57-40-45(43-74-61(57)72)60(58)62(73-7)76-81/h21-32,40-43,56H,9-20,33-39,44H2,1-6,8H3,(H2,72,74)/t56-,67+,68-/m1/s1. The van der Waals surface area contributed by atoms with Gasteiger partial charge < -0.3 is 30.0 Å². The van der Waals surface area contributed by atoms with Gasteiger partial charge in [-0.25, -0.2) is 14.2 Å². The van der Waals surface area contributed by atoms with E-state index in [2.05, 4.69) is 72.4 Å². The number of aliphatic imine (C=N–C) groups is 1. The number of amidine groups is 1. The van der Waals surface area contributed by atoms with E-state index < -0.39 is 16.9 Å². The van der Waals surface area contributed by atoms with Gasteiger partial charge in [-0.2, -0.15) is 4.68 Å². The molecule has 2 bridgehead atoms. The molecule has 2 aromatic heterocycles. The summed E-state index contributed by atoms with van der Waals surface area (Å²) in [5.41, 5.74) is 11.7. The van der Waals surface area contributed by atoms with Crippen molar-refractivity contribution in [3.8, 4) is 16.9 Å². The summed E-state index contributed by atoms with van der Waals surface area (Å²) in [6, 6.07) is 27.7. The van der Waals surface area contributed by atoms with Crippen LogP contribution in [0.25, 0.3) is 16.0 Å². The zero-order chi connectivity index (χ0) is 61.1. The van der Waals surface area contributed by atoms with E-state index in [1.807, 2.05) is 71.3 Å². The Bertz CT molecular complexity index is 3550. The number of pyridine rings is 1. The van der Waals surface area contributed by atoms with Gasteiger partial charge in [0.2, 0.25) is 0 Å². The van der Waals surface area contributed by atoms with Crippen molar-refractivity contribution < 1.29 is 23.5 Å². The van der Waals surface area contributed by atoms with Gasteiger partial charge in [-0.05, 0) is 158 Å². The zero-order valence-corrected chi connectivity index (χ0v) is 52.3. The predicted octanol–water partition coefficient (Wildman–Crippen LogP) is 14.6. The number of unbranched alkanes of at least 4 members (excludes halogenated alkanes) is 5. The van der Waals surface area contributed by atoms with Crippen LogP contribution in [0.15, 0.2) is 102 Å². The molecule has 18 heteroatoms. The molecule has 6 heterocycles. The van der Waals surface area contributed by atoms with Crippen molar-refractivity contribution in [3.63, 3.8) is 0 Å². The number of piperazine rings is 1. The van der Waals surface area contributed by atoms with Crippen molar-refractivity contribution in [2.24, 2.45) is 4.99 Å². The molecule has 3 amide bonds. The first-order valence-electron chi connectivity index (χ1n) is 30.5. The molecule has 3 atom stereocenters. The second-order valence-corrected chi connectivity index (χ2v) is 25.7. The number of carbonyl (C=O) groups excluding carboxylic acids is 3. The third-order valence-electron chi connectivity index (χ3n) is 18.2. The molecule has 0 aliphatic carbocycles. The Balaban J connectivity index is 0.726. The number of amides is 3. The average Bonchev–Trinajstić information content (AvgIpc) is 1.54. The molecule has 86 heavy (non-hydrogen) atoms. The fourth-order valence-electron chi connectivity index (χ4n) is 13.2. The van der Waals surface area contributed by atoms with Gasteiger partial charge in [-0.15, -0.1) is 0 Å². The van der Waals surface area contributed by atoms with E-state index in [1.165, 1.54) is 12.1 Å². The fourth-order valence-corrected chi connectivity index (χ4v) is 13.4. The molecule has 0 spiro atoms. The average molecular weight is 1210 g/mol. The van der Waals surface area contributed by atoms with E-state index >= 15 is 4.79 Å². The number of aryl methyl sites for hydroxylation is 1. The minimum atomic E-state index is -1.01. The molecule has 2 fully saturated rings. The highest BCUT2D eigenvalue weighted by Gasteiger charge is 2.60. The number of anilines is 2. The third-order valence-corrected chi connectivity index (χ3v) is 18.7. The minimum absolute atomic E-state index is 0.117. The second-order valence-electron chi connectivity index (χ2n) is 24.8. The van der Waals surface area contributed by atoms with E-state index in [4.69, 9.17) is 50.3 Å². The maximum atomic E-state index is 15.6. The normalized spacial score (nSPS) is 19.8. The van der Waals surface area contributed by atoms with Crippen LogP contribution in [-0.2, 0) is 34.4 Å². The first kappa shape index (κ1) is 61.8. The molecule has 2 N–H and O–H groups in total. The van der Waals surface area contributed by atoms with E-state index in [1.54, 1.807) is 28.9 Å². The summed E-state index contributed by atoms with van der Waals surface area (Å²) in [6.45, 7) is 26.1. The first-order valence-corrected chi connectivity index (χ1v) is 31.3. The molecule has 4 aliphatic heterocycles. The topological polar surface area (TPSA) is 150 Å². The van der Waals surface area contributed by atoms with Crippen LogP contribution in [0.4, 0.5) is 26.5 Å². The maximum absolute atomic E-state index is 15.6. The maximum Gasteiger partial charge on any atom is 0.326 e. The summed E-state index contributed by atoms with van der Waals surface area (Å²) in [4.78, 5) is 67.2. The number of ether oxygens (including phenoxy) is 1. The van der Waals surface area contributed by atoms with Crippen LogP contribution in [-0.4, -0.2) is 111 Å². The number of fused-ring (bicyclic) bond motifs is 8. The number of hydrogen-bond acceptors (Lipinski definition) is 10. The molecule has 0 radical (unpaired) electrons. The van der Waals surface area contributed by atoms with E-state index in [0.29, 0.717) is 120 Å². The molecule has 4 aromatic carbocycles. The molecule has 0 saturated carbocycles. The number of nitrogens with two attached hydrogens (primary N) is 1. The Hall–Kier alpha value is -7.32. The zero-order valence-electron chi connectivity index (χ0n) is 50.8. The number of nitrogen functional groups attached to an aromatic ring is 1. The van der Waals surface area contributed by atoms with Gasteiger partial charge in [0.15, 0.2) is 0 Å². The van der Waals surface area contributed by atoms with Crippen molar-refractivity contribution in [2.45, 2.75) is 148 Å². The lowest BCUT2D eigenvalue weighted by molar-refractivity contribution is -0.119. The van der Waals surface area contributed by atoms with E-state index in [0.717, 1.165) is 86.8 Å². The van der Waals surface area contributed by atoms with Gasteiger partial charge in [0.25, 0.3) is 5.91 Å². The molecule has 4 aliphatic rings.